The van der Waals surface area contributed by atoms with Crippen LogP contribution in [-0.4, -0.2) is 55.5 Å². The maximum atomic E-state index is 11.2. The lowest BCUT2D eigenvalue weighted by Crippen LogP contribution is -2.37. The molecule has 1 aliphatic rings. The minimum atomic E-state index is -0.660. The maximum absolute atomic E-state index is 11.2. The van der Waals surface area contributed by atoms with E-state index < -0.39 is 5.97 Å². The quantitative estimate of drug-likeness (QED) is 0.441. The number of carboxylic acids is 1. The molecule has 0 saturated carbocycles. The second kappa shape index (κ2) is 11.2. The van der Waals surface area contributed by atoms with E-state index in [0.29, 0.717) is 11.7 Å². The molecule has 2 aromatic heterocycles. The summed E-state index contributed by atoms with van der Waals surface area (Å²) in [5.74, 6) is 0.184. The largest absolute Gasteiger partial charge is 0.481 e. The molecular formula is C27H37N5O3. The second-order valence-electron chi connectivity index (χ2n) is 9.66. The van der Waals surface area contributed by atoms with Crippen molar-refractivity contribution in [3.8, 4) is 23.0 Å². The molecule has 1 saturated heterocycles. The van der Waals surface area contributed by atoms with Gasteiger partial charge in [-0.25, -0.2) is 0 Å². The van der Waals surface area contributed by atoms with Gasteiger partial charge in [-0.2, -0.15) is 10.1 Å². The minimum absolute atomic E-state index is 0.187. The van der Waals surface area contributed by atoms with E-state index in [-0.39, 0.29) is 5.92 Å². The fraction of sp³-hybridized carbons (Fsp3) is 0.556. The van der Waals surface area contributed by atoms with E-state index in [4.69, 9.17) is 4.52 Å². The van der Waals surface area contributed by atoms with E-state index in [1.165, 1.54) is 22.4 Å². The summed E-state index contributed by atoms with van der Waals surface area (Å²) in [4.78, 5) is 18.2. The third-order valence-corrected chi connectivity index (χ3v) is 7.16. The van der Waals surface area contributed by atoms with Gasteiger partial charge in [-0.3, -0.25) is 9.48 Å². The molecular weight excluding hydrogens is 442 g/mol. The Hall–Kier alpha value is -3.00. The third-order valence-electron chi connectivity index (χ3n) is 7.16. The number of carboxylic acid groups (broad SMARTS) is 1. The molecule has 1 aromatic carbocycles. The highest BCUT2D eigenvalue weighted by Crippen LogP contribution is 2.27. The predicted molar refractivity (Wildman–Crippen MR) is 135 cm³/mol. The summed E-state index contributed by atoms with van der Waals surface area (Å²) < 4.78 is 7.62. The highest BCUT2D eigenvalue weighted by atomic mass is 16.5. The summed E-state index contributed by atoms with van der Waals surface area (Å²) in [6, 6.07) is 6.32. The van der Waals surface area contributed by atoms with E-state index in [1.807, 2.05) is 4.68 Å². The van der Waals surface area contributed by atoms with Crippen molar-refractivity contribution in [1.82, 2.24) is 24.8 Å². The molecule has 0 unspecified atom stereocenters. The van der Waals surface area contributed by atoms with Crippen molar-refractivity contribution in [2.24, 2.45) is 5.92 Å². The van der Waals surface area contributed by atoms with Gasteiger partial charge in [0, 0.05) is 24.3 Å². The number of aliphatic carboxylic acids is 1. The zero-order valence-electron chi connectivity index (χ0n) is 21.4. The van der Waals surface area contributed by atoms with Crippen LogP contribution in [0.2, 0.25) is 0 Å². The van der Waals surface area contributed by atoms with Gasteiger partial charge >= 0.3 is 5.97 Å². The fourth-order valence-corrected chi connectivity index (χ4v) is 5.03. The molecule has 1 aliphatic heterocycles. The smallest absolute Gasteiger partial charge is 0.306 e. The Kier molecular flexibility index (Phi) is 8.00. The number of hydrogen-bond donors (Lipinski definition) is 1. The molecule has 0 spiro atoms. The predicted octanol–water partition coefficient (Wildman–Crippen LogP) is 4.92. The average Bonchev–Trinajstić information content (AvgIpc) is 3.49. The zero-order chi connectivity index (χ0) is 24.9. The van der Waals surface area contributed by atoms with Crippen molar-refractivity contribution in [2.45, 2.75) is 72.8 Å². The Balaban J connectivity index is 1.45. The Bertz CT molecular complexity index is 1130. The second-order valence-corrected chi connectivity index (χ2v) is 9.66. The molecule has 4 rings (SSSR count). The standard InChI is InChI=1S/C27H37N5O3/c1-5-7-8-22-17-24(29-32(22)6-2)26-28-25(30-35-26)21-15-18(3)23(19(4)16-21)11-14-31-12-9-20(10-13-31)27(33)34/h15-17,20H,5-14H2,1-4H3,(H,33,34). The number of carbonyl (C=O) groups is 1. The van der Waals surface area contributed by atoms with Gasteiger partial charge in [0.25, 0.3) is 5.89 Å². The minimum Gasteiger partial charge on any atom is -0.481 e. The van der Waals surface area contributed by atoms with Gasteiger partial charge in [-0.1, -0.05) is 18.5 Å². The van der Waals surface area contributed by atoms with Crippen molar-refractivity contribution in [2.75, 3.05) is 19.6 Å². The summed E-state index contributed by atoms with van der Waals surface area (Å²) in [6.07, 6.45) is 5.70. The third kappa shape index (κ3) is 5.81. The molecule has 8 nitrogen and oxygen atoms in total. The molecule has 0 bridgehead atoms. The summed E-state index contributed by atoms with van der Waals surface area (Å²) in [6.45, 7) is 12.0. The molecule has 0 radical (unpaired) electrons. The molecule has 1 fully saturated rings. The van der Waals surface area contributed by atoms with Crippen LogP contribution in [0.3, 0.4) is 0 Å². The number of benzene rings is 1. The highest BCUT2D eigenvalue weighted by molar-refractivity contribution is 5.70. The molecule has 1 N–H and O–H groups in total. The van der Waals surface area contributed by atoms with Crippen molar-refractivity contribution in [1.29, 1.82) is 0 Å². The molecule has 0 atom stereocenters. The molecule has 0 aliphatic carbocycles. The molecule has 3 heterocycles. The van der Waals surface area contributed by atoms with Crippen LogP contribution in [0.1, 0.15) is 61.9 Å². The van der Waals surface area contributed by atoms with E-state index >= 15 is 0 Å². The van der Waals surface area contributed by atoms with Crippen LogP contribution in [0.25, 0.3) is 23.0 Å². The summed E-state index contributed by atoms with van der Waals surface area (Å²) in [5.41, 5.74) is 6.63. The first-order chi connectivity index (χ1) is 16.9. The molecule has 188 valence electrons. The number of rotatable bonds is 10. The zero-order valence-corrected chi connectivity index (χ0v) is 21.4. The Morgan fingerprint density at radius 1 is 1.11 bits per heavy atom. The number of hydrogen-bond acceptors (Lipinski definition) is 6. The van der Waals surface area contributed by atoms with E-state index in [2.05, 4.69) is 66.0 Å². The van der Waals surface area contributed by atoms with Gasteiger partial charge in [0.2, 0.25) is 5.82 Å². The fourth-order valence-electron chi connectivity index (χ4n) is 5.03. The van der Waals surface area contributed by atoms with Gasteiger partial charge in [-0.05, 0) is 101 Å². The van der Waals surface area contributed by atoms with Crippen molar-refractivity contribution in [3.05, 3.63) is 40.6 Å². The lowest BCUT2D eigenvalue weighted by atomic mass is 9.94. The van der Waals surface area contributed by atoms with Crippen LogP contribution in [-0.2, 0) is 24.2 Å². The van der Waals surface area contributed by atoms with Crippen LogP contribution in [0.15, 0.2) is 22.7 Å². The Labute approximate surface area is 207 Å². The maximum Gasteiger partial charge on any atom is 0.306 e. The first-order valence-corrected chi connectivity index (χ1v) is 12.9. The number of unbranched alkanes of at least 4 members (excludes halogenated alkanes) is 1. The molecule has 0 amide bonds. The van der Waals surface area contributed by atoms with Crippen LogP contribution >= 0.6 is 0 Å². The lowest BCUT2D eigenvalue weighted by Gasteiger charge is -2.30. The average molecular weight is 480 g/mol. The SMILES string of the molecule is CCCCc1cc(-c2nc(-c3cc(C)c(CCN4CCC(C(=O)O)CC4)c(C)c3)no2)nn1CC. The molecule has 8 heteroatoms. The van der Waals surface area contributed by atoms with E-state index in [1.54, 1.807) is 0 Å². The number of aromatic nitrogens is 4. The van der Waals surface area contributed by atoms with Crippen LogP contribution in [0.4, 0.5) is 0 Å². The number of nitrogens with zero attached hydrogens (tertiary/aromatic N) is 5. The highest BCUT2D eigenvalue weighted by Gasteiger charge is 2.24. The number of likely N-dealkylation sites (tertiary alicyclic amines) is 1. The van der Waals surface area contributed by atoms with Crippen molar-refractivity contribution in [3.63, 3.8) is 0 Å². The Morgan fingerprint density at radius 2 is 1.83 bits per heavy atom. The number of aryl methyl sites for hydroxylation is 4. The molecule has 3 aromatic rings. The summed E-state index contributed by atoms with van der Waals surface area (Å²) >= 11 is 0. The topological polar surface area (TPSA) is 97.3 Å². The van der Waals surface area contributed by atoms with Gasteiger partial charge in [0.15, 0.2) is 5.69 Å². The van der Waals surface area contributed by atoms with E-state index in [9.17, 15) is 9.90 Å². The summed E-state index contributed by atoms with van der Waals surface area (Å²) in [5, 5.41) is 18.1. The normalized spacial score (nSPS) is 15.1. The van der Waals surface area contributed by atoms with Gasteiger partial charge in [0.05, 0.1) is 5.92 Å². The lowest BCUT2D eigenvalue weighted by molar-refractivity contribution is -0.143. The van der Waals surface area contributed by atoms with Crippen LogP contribution in [0.5, 0.6) is 0 Å². The first kappa shape index (κ1) is 25.1. The molecule has 35 heavy (non-hydrogen) atoms. The summed E-state index contributed by atoms with van der Waals surface area (Å²) in [7, 11) is 0. The van der Waals surface area contributed by atoms with Crippen LogP contribution in [0, 0.1) is 19.8 Å². The van der Waals surface area contributed by atoms with Crippen molar-refractivity contribution < 1.29 is 14.4 Å². The van der Waals surface area contributed by atoms with Crippen LogP contribution < -0.4 is 0 Å². The van der Waals surface area contributed by atoms with Crippen molar-refractivity contribution >= 4 is 5.97 Å². The van der Waals surface area contributed by atoms with Gasteiger partial charge in [0.1, 0.15) is 0 Å². The monoisotopic (exact) mass is 479 g/mol. The number of piperidine rings is 1. The first-order valence-electron chi connectivity index (χ1n) is 12.9. The Morgan fingerprint density at radius 3 is 2.46 bits per heavy atom. The van der Waals surface area contributed by atoms with E-state index in [0.717, 1.165) is 76.0 Å². The van der Waals surface area contributed by atoms with Gasteiger partial charge < -0.3 is 14.5 Å². The van der Waals surface area contributed by atoms with Gasteiger partial charge in [-0.15, -0.1) is 0 Å².